The molecule has 4 rings (SSSR count). The van der Waals surface area contributed by atoms with Crippen molar-refractivity contribution in [2.24, 2.45) is 0 Å². The van der Waals surface area contributed by atoms with E-state index in [1.165, 1.54) is 11.3 Å². The SMILES string of the molecule is CCCC12CCN(C)C1N(C)c1ccc(OC(=O)Nc3ccccc3)cc12. The van der Waals surface area contributed by atoms with Crippen LogP contribution in [-0.4, -0.2) is 37.8 Å². The van der Waals surface area contributed by atoms with E-state index in [-0.39, 0.29) is 5.41 Å². The number of hydrogen-bond acceptors (Lipinski definition) is 4. The van der Waals surface area contributed by atoms with E-state index < -0.39 is 6.09 Å². The van der Waals surface area contributed by atoms with E-state index >= 15 is 0 Å². The first-order valence-electron chi connectivity index (χ1n) is 9.66. The summed E-state index contributed by atoms with van der Waals surface area (Å²) in [7, 11) is 4.38. The number of fused-ring (bicyclic) bond motifs is 3. The Morgan fingerprint density at radius 3 is 2.74 bits per heavy atom. The third-order valence-corrected chi connectivity index (χ3v) is 6.00. The molecule has 2 unspecified atom stereocenters. The number of nitrogens with one attached hydrogen (secondary N) is 1. The number of nitrogens with zero attached hydrogens (tertiary/aromatic N) is 2. The highest BCUT2D eigenvalue weighted by molar-refractivity contribution is 5.86. The molecule has 0 aromatic heterocycles. The van der Waals surface area contributed by atoms with Crippen molar-refractivity contribution in [2.45, 2.75) is 37.8 Å². The fraction of sp³-hybridized carbons (Fsp3) is 0.409. The van der Waals surface area contributed by atoms with Gasteiger partial charge in [-0.25, -0.2) is 4.79 Å². The quantitative estimate of drug-likeness (QED) is 0.870. The van der Waals surface area contributed by atoms with Crippen LogP contribution in [0.1, 0.15) is 31.7 Å². The Balaban J connectivity index is 1.60. The normalized spacial score (nSPS) is 23.8. The molecule has 0 saturated carbocycles. The Morgan fingerprint density at radius 2 is 2.00 bits per heavy atom. The molecular weight excluding hydrogens is 338 g/mol. The van der Waals surface area contributed by atoms with Gasteiger partial charge < -0.3 is 9.64 Å². The summed E-state index contributed by atoms with van der Waals surface area (Å²) < 4.78 is 5.60. The first-order chi connectivity index (χ1) is 13.0. The molecule has 2 aromatic rings. The predicted octanol–water partition coefficient (Wildman–Crippen LogP) is 4.45. The fourth-order valence-corrected chi connectivity index (χ4v) is 5.01. The predicted molar refractivity (Wildman–Crippen MR) is 109 cm³/mol. The number of amides is 1. The number of likely N-dealkylation sites (N-methyl/N-ethyl adjacent to an activating group) is 2. The molecule has 0 bridgehead atoms. The van der Waals surface area contributed by atoms with Gasteiger partial charge in [0.15, 0.2) is 0 Å². The smallest absolute Gasteiger partial charge is 0.410 e. The van der Waals surface area contributed by atoms with Crippen LogP contribution in [0.4, 0.5) is 16.2 Å². The molecular formula is C22H27N3O2. The van der Waals surface area contributed by atoms with Crippen LogP contribution in [0.5, 0.6) is 5.75 Å². The molecule has 5 heteroatoms. The van der Waals surface area contributed by atoms with E-state index in [1.54, 1.807) is 0 Å². The van der Waals surface area contributed by atoms with Gasteiger partial charge in [-0.1, -0.05) is 31.5 Å². The van der Waals surface area contributed by atoms with E-state index in [1.807, 2.05) is 36.4 Å². The van der Waals surface area contributed by atoms with Crippen molar-refractivity contribution in [3.05, 3.63) is 54.1 Å². The van der Waals surface area contributed by atoms with Gasteiger partial charge in [0.2, 0.25) is 0 Å². The molecule has 2 aliphatic rings. The van der Waals surface area contributed by atoms with Crippen molar-refractivity contribution in [1.29, 1.82) is 0 Å². The van der Waals surface area contributed by atoms with Crippen LogP contribution in [-0.2, 0) is 5.41 Å². The molecule has 1 saturated heterocycles. The zero-order chi connectivity index (χ0) is 19.0. The van der Waals surface area contributed by atoms with Crippen molar-refractivity contribution < 1.29 is 9.53 Å². The number of carbonyl (C=O) groups is 1. The van der Waals surface area contributed by atoms with Crippen LogP contribution < -0.4 is 15.0 Å². The number of likely N-dealkylation sites (tertiary alicyclic amines) is 1. The Hall–Kier alpha value is -2.53. The molecule has 27 heavy (non-hydrogen) atoms. The fourth-order valence-electron chi connectivity index (χ4n) is 5.01. The summed E-state index contributed by atoms with van der Waals surface area (Å²) in [6, 6.07) is 15.4. The largest absolute Gasteiger partial charge is 0.417 e. The van der Waals surface area contributed by atoms with Crippen LogP contribution >= 0.6 is 0 Å². The number of carbonyl (C=O) groups excluding carboxylic acids is 1. The highest BCUT2D eigenvalue weighted by Crippen LogP contribution is 2.54. The molecule has 2 aliphatic heterocycles. The lowest BCUT2D eigenvalue weighted by molar-refractivity contribution is 0.215. The van der Waals surface area contributed by atoms with E-state index in [4.69, 9.17) is 4.74 Å². The molecule has 2 aromatic carbocycles. The van der Waals surface area contributed by atoms with Gasteiger partial charge in [0.1, 0.15) is 5.75 Å². The van der Waals surface area contributed by atoms with Crippen LogP contribution in [0.15, 0.2) is 48.5 Å². The second kappa shape index (κ2) is 6.89. The molecule has 1 amide bonds. The van der Waals surface area contributed by atoms with E-state index in [9.17, 15) is 4.79 Å². The average molecular weight is 365 g/mol. The molecule has 0 aliphatic carbocycles. The monoisotopic (exact) mass is 365 g/mol. The first kappa shape index (κ1) is 17.9. The molecule has 1 N–H and O–H groups in total. The van der Waals surface area contributed by atoms with Crippen molar-refractivity contribution >= 4 is 17.5 Å². The summed E-state index contributed by atoms with van der Waals surface area (Å²) >= 11 is 0. The van der Waals surface area contributed by atoms with Crippen LogP contribution in [0.25, 0.3) is 0 Å². The Morgan fingerprint density at radius 1 is 1.22 bits per heavy atom. The number of hydrogen-bond donors (Lipinski definition) is 1. The number of anilines is 2. The van der Waals surface area contributed by atoms with E-state index in [2.05, 4.69) is 48.3 Å². The topological polar surface area (TPSA) is 44.8 Å². The Kier molecular flexibility index (Phi) is 4.56. The minimum absolute atomic E-state index is 0.114. The summed E-state index contributed by atoms with van der Waals surface area (Å²) in [5.74, 6) is 0.598. The minimum atomic E-state index is -0.461. The maximum absolute atomic E-state index is 12.3. The second-order valence-corrected chi connectivity index (χ2v) is 7.68. The zero-order valence-electron chi connectivity index (χ0n) is 16.2. The number of para-hydroxylation sites is 1. The zero-order valence-corrected chi connectivity index (χ0v) is 16.2. The number of benzene rings is 2. The highest BCUT2D eigenvalue weighted by Gasteiger charge is 2.54. The summed E-state index contributed by atoms with van der Waals surface area (Å²) in [4.78, 5) is 17.1. The molecule has 142 valence electrons. The van der Waals surface area contributed by atoms with Gasteiger partial charge in [0, 0.05) is 30.4 Å². The van der Waals surface area contributed by atoms with Gasteiger partial charge in [0.05, 0.1) is 6.17 Å². The molecule has 5 nitrogen and oxygen atoms in total. The number of ether oxygens (including phenoxy) is 1. The van der Waals surface area contributed by atoms with Crippen molar-refractivity contribution in [3.63, 3.8) is 0 Å². The highest BCUT2D eigenvalue weighted by atomic mass is 16.6. The van der Waals surface area contributed by atoms with Gasteiger partial charge in [0.25, 0.3) is 0 Å². The third-order valence-electron chi connectivity index (χ3n) is 6.00. The lowest BCUT2D eigenvalue weighted by atomic mass is 9.75. The lowest BCUT2D eigenvalue weighted by Crippen LogP contribution is -2.46. The Labute approximate surface area is 160 Å². The molecule has 0 radical (unpaired) electrons. The summed E-state index contributed by atoms with van der Waals surface area (Å²) in [5.41, 5.74) is 3.40. The average Bonchev–Trinajstić information content (AvgIpc) is 3.10. The van der Waals surface area contributed by atoms with E-state index in [0.717, 1.165) is 31.5 Å². The first-order valence-corrected chi connectivity index (χ1v) is 9.66. The molecule has 2 heterocycles. The van der Waals surface area contributed by atoms with Gasteiger partial charge in [-0.05, 0) is 55.8 Å². The summed E-state index contributed by atoms with van der Waals surface area (Å²) in [5, 5.41) is 2.78. The van der Waals surface area contributed by atoms with Crippen LogP contribution in [0.3, 0.4) is 0 Å². The minimum Gasteiger partial charge on any atom is -0.410 e. The van der Waals surface area contributed by atoms with Gasteiger partial charge in [-0.2, -0.15) is 0 Å². The standard InChI is InChI=1S/C22H27N3O2/c1-4-12-22-13-14-24(2)20(22)25(3)19-11-10-17(15-18(19)22)27-21(26)23-16-8-6-5-7-9-16/h5-11,15,20H,4,12-14H2,1-3H3,(H,23,26). The van der Waals surface area contributed by atoms with Crippen LogP contribution in [0.2, 0.25) is 0 Å². The third kappa shape index (κ3) is 2.96. The molecule has 1 fully saturated rings. The summed E-state index contributed by atoms with van der Waals surface area (Å²) in [6.45, 7) is 3.34. The van der Waals surface area contributed by atoms with Crippen molar-refractivity contribution in [2.75, 3.05) is 30.9 Å². The maximum atomic E-state index is 12.3. The van der Waals surface area contributed by atoms with Crippen molar-refractivity contribution in [1.82, 2.24) is 4.90 Å². The maximum Gasteiger partial charge on any atom is 0.417 e. The molecule has 0 spiro atoms. The Bertz CT molecular complexity index is 835. The second-order valence-electron chi connectivity index (χ2n) is 7.68. The van der Waals surface area contributed by atoms with Gasteiger partial charge in [-0.3, -0.25) is 10.2 Å². The molecule has 2 atom stereocenters. The lowest BCUT2D eigenvalue weighted by Gasteiger charge is -2.35. The van der Waals surface area contributed by atoms with E-state index in [0.29, 0.717) is 11.9 Å². The van der Waals surface area contributed by atoms with Crippen molar-refractivity contribution in [3.8, 4) is 5.75 Å². The van der Waals surface area contributed by atoms with Crippen LogP contribution in [0, 0.1) is 0 Å². The van der Waals surface area contributed by atoms with Gasteiger partial charge in [-0.15, -0.1) is 0 Å². The summed E-state index contributed by atoms with van der Waals surface area (Å²) in [6.07, 6.45) is 3.33. The number of rotatable bonds is 4. The van der Waals surface area contributed by atoms with Gasteiger partial charge >= 0.3 is 6.09 Å².